The molecule has 2 aromatic heterocycles. The van der Waals surface area contributed by atoms with Gasteiger partial charge in [0.15, 0.2) is 0 Å². The molecular weight excluding hydrogens is 377 g/mol. The van der Waals surface area contributed by atoms with Gasteiger partial charge in [0.2, 0.25) is 5.91 Å². The van der Waals surface area contributed by atoms with E-state index in [1.807, 2.05) is 6.92 Å². The molecule has 1 fully saturated rings. The first-order valence-electron chi connectivity index (χ1n) is 8.75. The van der Waals surface area contributed by atoms with Crippen LogP contribution in [0.2, 0.25) is 0 Å². The van der Waals surface area contributed by atoms with Crippen molar-refractivity contribution >= 4 is 23.4 Å². The number of aryl methyl sites for hydroxylation is 1. The highest BCUT2D eigenvalue weighted by molar-refractivity contribution is 7.99. The highest BCUT2D eigenvalue weighted by Crippen LogP contribution is 2.50. The van der Waals surface area contributed by atoms with Crippen molar-refractivity contribution in [2.24, 2.45) is 5.92 Å². The van der Waals surface area contributed by atoms with Crippen molar-refractivity contribution in [3.63, 3.8) is 0 Å². The predicted octanol–water partition coefficient (Wildman–Crippen LogP) is 3.85. The van der Waals surface area contributed by atoms with Crippen LogP contribution >= 0.6 is 11.8 Å². The molecule has 1 unspecified atom stereocenters. The topological polar surface area (TPSA) is 51.0 Å². The monoisotopic (exact) mass is 398 g/mol. The zero-order valence-corrected chi connectivity index (χ0v) is 16.0. The molecule has 27 heavy (non-hydrogen) atoms. The minimum atomic E-state index is -2.51. The lowest BCUT2D eigenvalue weighted by atomic mass is 10.3. The molecule has 0 spiro atoms. The van der Waals surface area contributed by atoms with E-state index in [9.17, 15) is 18.0 Å². The van der Waals surface area contributed by atoms with Gasteiger partial charge in [-0.1, -0.05) is 0 Å². The second-order valence-corrected chi connectivity index (χ2v) is 7.68. The third-order valence-corrected chi connectivity index (χ3v) is 5.60. The van der Waals surface area contributed by atoms with Gasteiger partial charge in [-0.2, -0.15) is 16.9 Å². The van der Waals surface area contributed by atoms with Crippen LogP contribution in [0.3, 0.4) is 0 Å². The van der Waals surface area contributed by atoms with Crippen molar-refractivity contribution < 1.29 is 18.0 Å². The molecule has 2 aromatic rings. The fourth-order valence-corrected chi connectivity index (χ4v) is 3.96. The van der Waals surface area contributed by atoms with E-state index in [-0.39, 0.29) is 18.7 Å². The molecule has 1 aliphatic rings. The number of hydrogen-bond acceptors (Lipinski definition) is 4. The Labute approximate surface area is 160 Å². The first-order valence-corrected chi connectivity index (χ1v) is 9.90. The maximum absolute atomic E-state index is 13.4. The molecule has 0 radical (unpaired) electrons. The molecule has 0 bridgehead atoms. The lowest BCUT2D eigenvalue weighted by Crippen LogP contribution is -2.31. The van der Waals surface area contributed by atoms with Crippen molar-refractivity contribution in [1.82, 2.24) is 14.8 Å². The highest BCUT2D eigenvalue weighted by atomic mass is 32.2. The molecule has 0 N–H and O–H groups in total. The summed E-state index contributed by atoms with van der Waals surface area (Å²) >= 11 is 1.39. The van der Waals surface area contributed by atoms with E-state index in [0.717, 1.165) is 6.20 Å². The second-order valence-electron chi connectivity index (χ2n) is 6.53. The van der Waals surface area contributed by atoms with Gasteiger partial charge in [-0.25, -0.2) is 17.9 Å². The smallest absolute Gasteiger partial charge is 0.252 e. The summed E-state index contributed by atoms with van der Waals surface area (Å²) in [5.74, 6) is -2.72. The SMILES string of the molecule is CCN(C(=O)CCSCC1CC1(F)F)c1cn(-c2cncc(F)c2)nc1C. The Bertz CT molecular complexity index is 827. The van der Waals surface area contributed by atoms with Crippen LogP contribution in [0.15, 0.2) is 24.7 Å². The molecule has 1 atom stereocenters. The molecule has 1 saturated carbocycles. The zero-order chi connectivity index (χ0) is 19.6. The molecule has 0 aromatic carbocycles. The van der Waals surface area contributed by atoms with Crippen LogP contribution in [0, 0.1) is 18.7 Å². The van der Waals surface area contributed by atoms with Crippen LogP contribution in [-0.4, -0.2) is 44.6 Å². The molecule has 1 aliphatic carbocycles. The summed E-state index contributed by atoms with van der Waals surface area (Å²) < 4.78 is 40.6. The Balaban J connectivity index is 1.61. The standard InChI is InChI=1S/C18H21F3N4OS/c1-3-24(17(26)4-5-27-11-13-7-18(13,20)21)16-10-25(23-12(16)2)15-6-14(19)8-22-9-15/h6,8-10,13H,3-5,7,11H2,1-2H3. The Kier molecular flexibility index (Phi) is 5.78. The summed E-state index contributed by atoms with van der Waals surface area (Å²) in [4.78, 5) is 18.0. The van der Waals surface area contributed by atoms with E-state index >= 15 is 0 Å². The van der Waals surface area contributed by atoms with E-state index in [0.29, 0.717) is 35.1 Å². The summed E-state index contributed by atoms with van der Waals surface area (Å²) in [5.41, 5.74) is 1.75. The molecule has 2 heterocycles. The first kappa shape index (κ1) is 19.7. The Morgan fingerprint density at radius 3 is 2.81 bits per heavy atom. The molecule has 0 saturated heterocycles. The van der Waals surface area contributed by atoms with Gasteiger partial charge in [-0.15, -0.1) is 0 Å². The molecule has 146 valence electrons. The van der Waals surface area contributed by atoms with E-state index < -0.39 is 17.7 Å². The van der Waals surface area contributed by atoms with Crippen molar-refractivity contribution in [2.75, 3.05) is 23.0 Å². The van der Waals surface area contributed by atoms with Crippen molar-refractivity contribution in [1.29, 1.82) is 0 Å². The van der Waals surface area contributed by atoms with Gasteiger partial charge in [0.25, 0.3) is 5.92 Å². The quantitative estimate of drug-likeness (QED) is 0.634. The van der Waals surface area contributed by atoms with Crippen LogP contribution < -0.4 is 4.90 Å². The van der Waals surface area contributed by atoms with Gasteiger partial charge in [-0.3, -0.25) is 9.78 Å². The average molecular weight is 398 g/mol. The summed E-state index contributed by atoms with van der Waals surface area (Å²) in [7, 11) is 0. The Morgan fingerprint density at radius 2 is 2.19 bits per heavy atom. The minimum absolute atomic E-state index is 0.0393. The number of halogens is 3. The van der Waals surface area contributed by atoms with Gasteiger partial charge in [0.05, 0.1) is 35.7 Å². The molecular formula is C18H21F3N4OS. The van der Waals surface area contributed by atoms with Crippen LogP contribution in [0.1, 0.15) is 25.5 Å². The first-order chi connectivity index (χ1) is 12.8. The van der Waals surface area contributed by atoms with Crippen LogP contribution in [0.25, 0.3) is 5.69 Å². The van der Waals surface area contributed by atoms with Gasteiger partial charge >= 0.3 is 0 Å². The number of amides is 1. The largest absolute Gasteiger partial charge is 0.310 e. The second kappa shape index (κ2) is 7.92. The van der Waals surface area contributed by atoms with Crippen LogP contribution in [-0.2, 0) is 4.79 Å². The number of aromatic nitrogens is 3. The number of pyridine rings is 1. The maximum atomic E-state index is 13.4. The number of nitrogens with zero attached hydrogens (tertiary/aromatic N) is 4. The third kappa shape index (κ3) is 4.63. The van der Waals surface area contributed by atoms with E-state index in [1.165, 1.54) is 28.7 Å². The number of thioether (sulfide) groups is 1. The Morgan fingerprint density at radius 1 is 1.44 bits per heavy atom. The van der Waals surface area contributed by atoms with Crippen LogP contribution in [0.4, 0.5) is 18.9 Å². The number of alkyl halides is 2. The van der Waals surface area contributed by atoms with Gasteiger partial charge in [0.1, 0.15) is 5.82 Å². The van der Waals surface area contributed by atoms with E-state index in [1.54, 1.807) is 18.0 Å². The van der Waals surface area contributed by atoms with Gasteiger partial charge < -0.3 is 4.90 Å². The summed E-state index contributed by atoms with van der Waals surface area (Å²) in [6.45, 7) is 4.09. The van der Waals surface area contributed by atoms with Crippen LogP contribution in [0.5, 0.6) is 0 Å². The molecule has 5 nitrogen and oxygen atoms in total. The third-order valence-electron chi connectivity index (χ3n) is 4.47. The number of carbonyl (C=O) groups excluding carboxylic acids is 1. The fraction of sp³-hybridized carbons (Fsp3) is 0.500. The molecule has 9 heteroatoms. The van der Waals surface area contributed by atoms with E-state index in [4.69, 9.17) is 0 Å². The molecule has 0 aliphatic heterocycles. The number of rotatable bonds is 8. The number of hydrogen-bond donors (Lipinski definition) is 0. The maximum Gasteiger partial charge on any atom is 0.252 e. The predicted molar refractivity (Wildman–Crippen MR) is 99.1 cm³/mol. The number of carbonyl (C=O) groups is 1. The van der Waals surface area contributed by atoms with Gasteiger partial charge in [-0.05, 0) is 13.8 Å². The van der Waals surface area contributed by atoms with E-state index in [2.05, 4.69) is 10.1 Å². The van der Waals surface area contributed by atoms with Gasteiger partial charge in [0, 0.05) is 42.9 Å². The highest BCUT2D eigenvalue weighted by Gasteiger charge is 2.56. The summed E-state index contributed by atoms with van der Waals surface area (Å²) in [5, 5.41) is 4.34. The zero-order valence-electron chi connectivity index (χ0n) is 15.2. The normalized spacial score (nSPS) is 17.7. The minimum Gasteiger partial charge on any atom is -0.310 e. The lowest BCUT2D eigenvalue weighted by molar-refractivity contribution is -0.118. The Hall–Kier alpha value is -2.03. The summed E-state index contributed by atoms with van der Waals surface area (Å²) in [6, 6.07) is 1.31. The average Bonchev–Trinajstić information content (AvgIpc) is 3.04. The molecule has 1 amide bonds. The summed E-state index contributed by atoms with van der Waals surface area (Å²) in [6.07, 6.45) is 4.50. The lowest BCUT2D eigenvalue weighted by Gasteiger charge is -2.20. The van der Waals surface area contributed by atoms with Crippen molar-refractivity contribution in [3.8, 4) is 5.69 Å². The van der Waals surface area contributed by atoms with Crippen molar-refractivity contribution in [2.45, 2.75) is 32.6 Å². The molecule has 3 rings (SSSR count). The number of anilines is 1. The fourth-order valence-electron chi connectivity index (χ4n) is 2.83. The van der Waals surface area contributed by atoms with Crippen molar-refractivity contribution in [3.05, 3.63) is 36.2 Å².